The Balaban J connectivity index is 1.73. The van der Waals surface area contributed by atoms with Gasteiger partial charge in [0.1, 0.15) is 5.75 Å². The molecule has 0 N–H and O–H groups in total. The van der Waals surface area contributed by atoms with Crippen molar-refractivity contribution in [3.05, 3.63) is 76.9 Å². The molecule has 5 rings (SSSR count). The highest BCUT2D eigenvalue weighted by atomic mass is 16.5. The van der Waals surface area contributed by atoms with Gasteiger partial charge in [0.15, 0.2) is 0 Å². The molecule has 1 fully saturated rings. The Morgan fingerprint density at radius 2 is 1.82 bits per heavy atom. The molecule has 3 aromatic rings. The smallest absolute Gasteiger partial charge is 0.119 e. The third-order valence-corrected chi connectivity index (χ3v) is 7.01. The maximum absolute atomic E-state index is 5.55. The van der Waals surface area contributed by atoms with Crippen molar-refractivity contribution in [1.82, 2.24) is 0 Å². The lowest BCUT2D eigenvalue weighted by atomic mass is 9.66. The first-order valence-electron chi connectivity index (χ1n) is 10.4. The molecule has 0 heterocycles. The minimum atomic E-state index is 0.462. The normalized spacial score (nSPS) is 22.9. The van der Waals surface area contributed by atoms with Crippen molar-refractivity contribution < 1.29 is 4.74 Å². The van der Waals surface area contributed by atoms with Crippen molar-refractivity contribution in [2.45, 2.75) is 44.9 Å². The van der Waals surface area contributed by atoms with Gasteiger partial charge in [0.05, 0.1) is 7.11 Å². The fraction of sp³-hybridized carbons (Fsp3) is 0.333. The minimum Gasteiger partial charge on any atom is -0.497 e. The molecule has 28 heavy (non-hydrogen) atoms. The fourth-order valence-electron chi connectivity index (χ4n) is 5.44. The number of hydrogen-bond acceptors (Lipinski definition) is 1. The Bertz CT molecular complexity index is 1100. The van der Waals surface area contributed by atoms with Gasteiger partial charge in [0.2, 0.25) is 0 Å². The van der Waals surface area contributed by atoms with Crippen LogP contribution in [0.3, 0.4) is 0 Å². The largest absolute Gasteiger partial charge is 0.497 e. The zero-order valence-corrected chi connectivity index (χ0v) is 16.7. The molecule has 1 saturated carbocycles. The zero-order valence-electron chi connectivity index (χ0n) is 16.7. The highest BCUT2D eigenvalue weighted by molar-refractivity contribution is 5.93. The third kappa shape index (κ3) is 2.80. The van der Waals surface area contributed by atoms with Crippen LogP contribution in [0.25, 0.3) is 10.8 Å². The molecule has 3 aromatic carbocycles. The molecule has 0 aliphatic heterocycles. The first kappa shape index (κ1) is 17.4. The molecular formula is C27H26O. The predicted octanol–water partition coefficient (Wildman–Crippen LogP) is 6.47. The van der Waals surface area contributed by atoms with E-state index in [-0.39, 0.29) is 0 Å². The van der Waals surface area contributed by atoms with Crippen molar-refractivity contribution in [2.75, 3.05) is 7.11 Å². The van der Waals surface area contributed by atoms with Crippen molar-refractivity contribution in [1.29, 1.82) is 0 Å². The van der Waals surface area contributed by atoms with E-state index in [4.69, 9.17) is 4.74 Å². The van der Waals surface area contributed by atoms with Crippen LogP contribution in [0.1, 0.15) is 60.8 Å². The van der Waals surface area contributed by atoms with Crippen molar-refractivity contribution in [3.63, 3.8) is 0 Å². The molecular weight excluding hydrogens is 340 g/mol. The van der Waals surface area contributed by atoms with E-state index in [9.17, 15) is 0 Å². The fourth-order valence-corrected chi connectivity index (χ4v) is 5.44. The van der Waals surface area contributed by atoms with E-state index in [1.54, 1.807) is 12.7 Å². The number of rotatable bonds is 1. The second-order valence-electron chi connectivity index (χ2n) is 8.62. The van der Waals surface area contributed by atoms with Gasteiger partial charge >= 0.3 is 0 Å². The van der Waals surface area contributed by atoms with Crippen molar-refractivity contribution in [2.24, 2.45) is 5.41 Å². The Kier molecular flexibility index (Phi) is 4.17. The molecule has 1 heteroatoms. The van der Waals surface area contributed by atoms with Gasteiger partial charge in [0, 0.05) is 11.1 Å². The molecule has 2 aliphatic rings. The summed E-state index contributed by atoms with van der Waals surface area (Å²) in [6.45, 7) is 2.50. The Morgan fingerprint density at radius 3 is 2.64 bits per heavy atom. The average molecular weight is 367 g/mol. The lowest BCUT2D eigenvalue weighted by Gasteiger charge is -2.38. The first-order chi connectivity index (χ1) is 13.7. The van der Waals surface area contributed by atoms with Crippen LogP contribution in [-0.2, 0) is 6.42 Å². The summed E-state index contributed by atoms with van der Waals surface area (Å²) in [4.78, 5) is 0. The molecule has 1 nitrogen and oxygen atoms in total. The summed E-state index contributed by atoms with van der Waals surface area (Å²) in [5.41, 5.74) is 5.75. The van der Waals surface area contributed by atoms with Gasteiger partial charge in [-0.05, 0) is 95.3 Å². The molecule has 0 amide bonds. The summed E-state index contributed by atoms with van der Waals surface area (Å²) < 4.78 is 5.55. The average Bonchev–Trinajstić information content (AvgIpc) is 3.14. The van der Waals surface area contributed by atoms with Gasteiger partial charge in [0.25, 0.3) is 0 Å². The topological polar surface area (TPSA) is 9.23 Å². The van der Waals surface area contributed by atoms with E-state index >= 15 is 0 Å². The summed E-state index contributed by atoms with van der Waals surface area (Å²) in [7, 11) is 1.75. The standard InChI is InChI=1S/C27H26O/c1-27-15-6-9-26(27)25-17-20(11-10-19-7-4-3-5-8-19)22-13-12-21(28-2)18-24(22)23(25)14-16-27/h3-5,7-8,12-13,17-18,26H,6,9,14-16H2,1-2H3. The number of hydrogen-bond donors (Lipinski definition) is 0. The van der Waals surface area contributed by atoms with Crippen LogP contribution < -0.4 is 4.74 Å². The van der Waals surface area contributed by atoms with Crippen molar-refractivity contribution in [3.8, 4) is 17.6 Å². The van der Waals surface area contributed by atoms with Crippen LogP contribution in [-0.4, -0.2) is 7.11 Å². The molecule has 0 bridgehead atoms. The van der Waals surface area contributed by atoms with E-state index in [2.05, 4.69) is 55.2 Å². The lowest BCUT2D eigenvalue weighted by molar-refractivity contribution is 0.253. The zero-order chi connectivity index (χ0) is 19.1. The molecule has 2 atom stereocenters. The predicted molar refractivity (Wildman–Crippen MR) is 116 cm³/mol. The van der Waals surface area contributed by atoms with Crippen LogP contribution in [0.15, 0.2) is 54.6 Å². The lowest BCUT2D eigenvalue weighted by Crippen LogP contribution is -2.26. The van der Waals surface area contributed by atoms with E-state index < -0.39 is 0 Å². The number of benzene rings is 3. The van der Waals surface area contributed by atoms with Crippen LogP contribution in [0, 0.1) is 17.3 Å². The van der Waals surface area contributed by atoms with Gasteiger partial charge in [-0.2, -0.15) is 0 Å². The quantitative estimate of drug-likeness (QED) is 0.449. The summed E-state index contributed by atoms with van der Waals surface area (Å²) in [6, 6.07) is 19.2. The van der Waals surface area contributed by atoms with Gasteiger partial charge in [-0.25, -0.2) is 0 Å². The molecule has 2 unspecified atom stereocenters. The highest BCUT2D eigenvalue weighted by Crippen LogP contribution is 2.56. The minimum absolute atomic E-state index is 0.462. The number of ether oxygens (including phenoxy) is 1. The number of aryl methyl sites for hydroxylation is 1. The third-order valence-electron chi connectivity index (χ3n) is 7.01. The highest BCUT2D eigenvalue weighted by Gasteiger charge is 2.43. The van der Waals surface area contributed by atoms with Gasteiger partial charge in [-0.3, -0.25) is 0 Å². The Labute approximate surface area is 167 Å². The van der Waals surface area contributed by atoms with Crippen LogP contribution in [0.2, 0.25) is 0 Å². The van der Waals surface area contributed by atoms with E-state index in [1.165, 1.54) is 48.4 Å². The maximum atomic E-state index is 5.55. The maximum Gasteiger partial charge on any atom is 0.119 e. The second-order valence-corrected chi connectivity index (χ2v) is 8.62. The summed E-state index contributed by atoms with van der Waals surface area (Å²) in [5.74, 6) is 8.47. The van der Waals surface area contributed by atoms with Gasteiger partial charge in [-0.1, -0.05) is 43.4 Å². The molecule has 140 valence electrons. The number of methoxy groups -OCH3 is 1. The van der Waals surface area contributed by atoms with E-state index in [1.807, 2.05) is 18.2 Å². The molecule has 0 saturated heterocycles. The van der Waals surface area contributed by atoms with Gasteiger partial charge < -0.3 is 4.74 Å². The molecule has 0 spiro atoms. The molecule has 0 radical (unpaired) electrons. The van der Waals surface area contributed by atoms with E-state index in [0.717, 1.165) is 16.9 Å². The first-order valence-corrected chi connectivity index (χ1v) is 10.4. The van der Waals surface area contributed by atoms with Crippen LogP contribution in [0.5, 0.6) is 5.75 Å². The van der Waals surface area contributed by atoms with Gasteiger partial charge in [-0.15, -0.1) is 0 Å². The summed E-state index contributed by atoms with van der Waals surface area (Å²) in [6.07, 6.45) is 6.48. The van der Waals surface area contributed by atoms with Crippen molar-refractivity contribution >= 4 is 10.8 Å². The SMILES string of the molecule is COc1ccc2c(C#Cc3ccccc3)cc3c(c2c1)CCC1(C)CCCC31. The summed E-state index contributed by atoms with van der Waals surface area (Å²) in [5, 5.41) is 2.59. The monoisotopic (exact) mass is 366 g/mol. The molecule has 0 aromatic heterocycles. The summed E-state index contributed by atoms with van der Waals surface area (Å²) >= 11 is 0. The Hall–Kier alpha value is -2.72. The van der Waals surface area contributed by atoms with Crippen LogP contribution >= 0.6 is 0 Å². The second kappa shape index (κ2) is 6.71. The van der Waals surface area contributed by atoms with E-state index in [0.29, 0.717) is 11.3 Å². The Morgan fingerprint density at radius 1 is 0.964 bits per heavy atom. The van der Waals surface area contributed by atoms with Crippen LogP contribution in [0.4, 0.5) is 0 Å². The number of fused-ring (bicyclic) bond motifs is 5. The molecule has 2 aliphatic carbocycles.